The molecule has 1 saturated heterocycles. The zero-order valence-electron chi connectivity index (χ0n) is 14.9. The Morgan fingerprint density at radius 3 is 2.44 bits per heavy atom. The summed E-state index contributed by atoms with van der Waals surface area (Å²) in [5.74, 6) is 1.16. The van der Waals surface area contributed by atoms with Crippen molar-refractivity contribution in [2.24, 2.45) is 17.8 Å². The predicted molar refractivity (Wildman–Crippen MR) is 96.9 cm³/mol. The molecule has 1 aromatic carbocycles. The van der Waals surface area contributed by atoms with Gasteiger partial charge in [-0.15, -0.1) is 0 Å². The van der Waals surface area contributed by atoms with Gasteiger partial charge in [-0.05, 0) is 61.3 Å². The fraction of sp³-hybridized carbons (Fsp3) is 0.632. The summed E-state index contributed by atoms with van der Waals surface area (Å²) in [6, 6.07) is 5.29. The number of carbonyl (C=O) groups excluding carboxylic acids is 1. The highest BCUT2D eigenvalue weighted by Gasteiger charge is 2.37. The Balaban J connectivity index is 1.60. The molecular weight excluding hydrogens is 336 g/mol. The van der Waals surface area contributed by atoms with Crippen LogP contribution in [-0.2, 0) is 21.2 Å². The fourth-order valence-corrected chi connectivity index (χ4v) is 6.00. The molecule has 3 aliphatic rings. The summed E-state index contributed by atoms with van der Waals surface area (Å²) < 4.78 is 27.7. The lowest BCUT2D eigenvalue weighted by molar-refractivity contribution is -0.119. The fourth-order valence-electron chi connectivity index (χ4n) is 4.27. The lowest BCUT2D eigenvalue weighted by Gasteiger charge is -2.34. The van der Waals surface area contributed by atoms with Gasteiger partial charge in [0.15, 0.2) is 0 Å². The van der Waals surface area contributed by atoms with Gasteiger partial charge in [-0.3, -0.25) is 4.79 Å². The van der Waals surface area contributed by atoms with Crippen LogP contribution in [0.4, 0.5) is 5.69 Å². The second-order valence-corrected chi connectivity index (χ2v) is 10.0. The highest BCUT2D eigenvalue weighted by atomic mass is 32.2. The summed E-state index contributed by atoms with van der Waals surface area (Å²) >= 11 is 0. The van der Waals surface area contributed by atoms with Gasteiger partial charge in [-0.2, -0.15) is 4.31 Å². The molecule has 0 radical (unpaired) electrons. The largest absolute Gasteiger partial charge is 0.312 e. The quantitative estimate of drug-likeness (QED) is 0.831. The summed E-state index contributed by atoms with van der Waals surface area (Å²) in [4.78, 5) is 14.6. The molecule has 25 heavy (non-hydrogen) atoms. The summed E-state index contributed by atoms with van der Waals surface area (Å²) in [6.45, 7) is 6.09. The summed E-state index contributed by atoms with van der Waals surface area (Å²) in [6.07, 6.45) is 3.79. The number of amides is 1. The Morgan fingerprint density at radius 1 is 1.12 bits per heavy atom. The van der Waals surface area contributed by atoms with Crippen molar-refractivity contribution in [1.29, 1.82) is 0 Å². The Morgan fingerprint density at radius 2 is 1.80 bits per heavy atom. The van der Waals surface area contributed by atoms with Gasteiger partial charge in [0.1, 0.15) is 0 Å². The van der Waals surface area contributed by atoms with Crippen LogP contribution in [0.1, 0.15) is 38.7 Å². The minimum atomic E-state index is -3.46. The van der Waals surface area contributed by atoms with Crippen LogP contribution < -0.4 is 4.90 Å². The van der Waals surface area contributed by atoms with Crippen LogP contribution in [0.15, 0.2) is 23.1 Å². The van der Waals surface area contributed by atoms with E-state index in [4.69, 9.17) is 0 Å². The van der Waals surface area contributed by atoms with Crippen LogP contribution >= 0.6 is 0 Å². The van der Waals surface area contributed by atoms with Crippen LogP contribution in [0.2, 0.25) is 0 Å². The molecule has 1 aliphatic carbocycles. The van der Waals surface area contributed by atoms with Gasteiger partial charge in [0.05, 0.1) is 4.90 Å². The Kier molecular flexibility index (Phi) is 4.15. The Hall–Kier alpha value is -1.40. The molecule has 136 valence electrons. The maximum atomic E-state index is 13.1. The predicted octanol–water partition coefficient (Wildman–Crippen LogP) is 2.65. The molecule has 0 N–H and O–H groups in total. The van der Waals surface area contributed by atoms with Crippen molar-refractivity contribution in [1.82, 2.24) is 4.31 Å². The number of nitrogens with zero attached hydrogens (tertiary/aromatic N) is 2. The lowest BCUT2D eigenvalue weighted by Crippen LogP contribution is -2.42. The summed E-state index contributed by atoms with van der Waals surface area (Å²) in [5.41, 5.74) is 1.88. The molecule has 1 aromatic rings. The third-order valence-corrected chi connectivity index (χ3v) is 7.44. The molecule has 0 bridgehead atoms. The molecule has 4 rings (SSSR count). The standard InChI is InChI=1S/C19H26N2O3S/c1-13-9-14(2)12-20(11-13)25(23,24)17-5-6-18-16(10-17)7-8-21(18)19(22)15-3-4-15/h5-6,10,13-15H,3-4,7-9,11-12H2,1-2H3/t13-,14-/m0/s1. The molecule has 2 atom stereocenters. The molecular formula is C19H26N2O3S. The van der Waals surface area contributed by atoms with Crippen LogP contribution in [0.5, 0.6) is 0 Å². The topological polar surface area (TPSA) is 57.7 Å². The first-order chi connectivity index (χ1) is 11.9. The van der Waals surface area contributed by atoms with Crippen molar-refractivity contribution in [3.05, 3.63) is 23.8 Å². The third kappa shape index (κ3) is 3.10. The second kappa shape index (κ2) is 6.09. The molecule has 0 spiro atoms. The van der Waals surface area contributed by atoms with E-state index in [9.17, 15) is 13.2 Å². The lowest BCUT2D eigenvalue weighted by atomic mass is 9.94. The van der Waals surface area contributed by atoms with E-state index < -0.39 is 10.0 Å². The van der Waals surface area contributed by atoms with Crippen LogP contribution in [-0.4, -0.2) is 38.3 Å². The maximum Gasteiger partial charge on any atom is 0.243 e. The van der Waals surface area contributed by atoms with E-state index in [-0.39, 0.29) is 11.8 Å². The van der Waals surface area contributed by atoms with E-state index >= 15 is 0 Å². The average Bonchev–Trinajstić information content (AvgIpc) is 3.32. The van der Waals surface area contributed by atoms with Gasteiger partial charge < -0.3 is 4.90 Å². The van der Waals surface area contributed by atoms with E-state index in [2.05, 4.69) is 13.8 Å². The van der Waals surface area contributed by atoms with Crippen molar-refractivity contribution in [2.45, 2.75) is 44.4 Å². The molecule has 6 heteroatoms. The van der Waals surface area contributed by atoms with Gasteiger partial charge in [-0.25, -0.2) is 8.42 Å². The smallest absolute Gasteiger partial charge is 0.243 e. The number of hydrogen-bond donors (Lipinski definition) is 0. The first kappa shape index (κ1) is 17.0. The van der Waals surface area contributed by atoms with Crippen LogP contribution in [0, 0.1) is 17.8 Å². The van der Waals surface area contributed by atoms with E-state index in [1.165, 1.54) is 0 Å². The zero-order chi connectivity index (χ0) is 17.8. The number of benzene rings is 1. The van der Waals surface area contributed by atoms with Gasteiger partial charge in [0.2, 0.25) is 15.9 Å². The Bertz CT molecular complexity index is 791. The molecule has 2 fully saturated rings. The summed E-state index contributed by atoms with van der Waals surface area (Å²) in [7, 11) is -3.46. The molecule has 5 nitrogen and oxygen atoms in total. The van der Waals surface area contributed by atoms with Gasteiger partial charge in [0, 0.05) is 31.2 Å². The minimum Gasteiger partial charge on any atom is -0.312 e. The number of anilines is 1. The summed E-state index contributed by atoms with van der Waals surface area (Å²) in [5, 5.41) is 0. The third-order valence-electron chi connectivity index (χ3n) is 5.61. The number of carbonyl (C=O) groups is 1. The van der Waals surface area contributed by atoms with E-state index in [1.54, 1.807) is 16.4 Å². The second-order valence-electron chi connectivity index (χ2n) is 8.07. The Labute approximate surface area is 150 Å². The highest BCUT2D eigenvalue weighted by molar-refractivity contribution is 7.89. The highest BCUT2D eigenvalue weighted by Crippen LogP contribution is 2.37. The molecule has 0 aromatic heterocycles. The van der Waals surface area contributed by atoms with E-state index in [0.29, 0.717) is 36.4 Å². The minimum absolute atomic E-state index is 0.186. The van der Waals surface area contributed by atoms with Crippen molar-refractivity contribution >= 4 is 21.6 Å². The maximum absolute atomic E-state index is 13.1. The van der Waals surface area contributed by atoms with Crippen molar-refractivity contribution in [2.75, 3.05) is 24.5 Å². The van der Waals surface area contributed by atoms with E-state index in [0.717, 1.165) is 36.9 Å². The van der Waals surface area contributed by atoms with Crippen LogP contribution in [0.25, 0.3) is 0 Å². The van der Waals surface area contributed by atoms with Gasteiger partial charge in [-0.1, -0.05) is 13.8 Å². The monoisotopic (exact) mass is 362 g/mol. The first-order valence-corrected chi connectivity index (χ1v) is 10.7. The molecule has 0 unspecified atom stereocenters. The zero-order valence-corrected chi connectivity index (χ0v) is 15.8. The van der Waals surface area contributed by atoms with Gasteiger partial charge >= 0.3 is 0 Å². The molecule has 2 aliphatic heterocycles. The number of sulfonamides is 1. The van der Waals surface area contributed by atoms with Crippen molar-refractivity contribution in [3.63, 3.8) is 0 Å². The normalized spacial score (nSPS) is 27.4. The number of fused-ring (bicyclic) bond motifs is 1. The number of piperidine rings is 1. The van der Waals surface area contributed by atoms with Crippen molar-refractivity contribution < 1.29 is 13.2 Å². The first-order valence-electron chi connectivity index (χ1n) is 9.30. The number of rotatable bonds is 3. The molecule has 2 heterocycles. The molecule has 1 saturated carbocycles. The van der Waals surface area contributed by atoms with Gasteiger partial charge in [0.25, 0.3) is 0 Å². The van der Waals surface area contributed by atoms with Crippen molar-refractivity contribution in [3.8, 4) is 0 Å². The van der Waals surface area contributed by atoms with Crippen LogP contribution in [0.3, 0.4) is 0 Å². The molecule has 1 amide bonds. The van der Waals surface area contributed by atoms with E-state index in [1.807, 2.05) is 11.0 Å². The number of hydrogen-bond acceptors (Lipinski definition) is 3. The average molecular weight is 362 g/mol. The SMILES string of the molecule is C[C@H]1C[C@H](C)CN(S(=O)(=O)c2ccc3c(c2)CCN3C(=O)C2CC2)C1.